The zero-order valence-electron chi connectivity index (χ0n) is 10.00. The third kappa shape index (κ3) is 3.57. The van der Waals surface area contributed by atoms with E-state index in [0.29, 0.717) is 5.56 Å². The Kier molecular flexibility index (Phi) is 4.08. The summed E-state index contributed by atoms with van der Waals surface area (Å²) in [6.07, 6.45) is -4.52. The highest BCUT2D eigenvalue weighted by Crippen LogP contribution is 2.26. The van der Waals surface area contributed by atoms with Crippen molar-refractivity contribution in [2.45, 2.75) is 6.18 Å². The minimum Gasteiger partial charge on any atom is -0.343 e. The summed E-state index contributed by atoms with van der Waals surface area (Å²) in [5, 5.41) is 3.45. The van der Waals surface area contributed by atoms with E-state index in [0.717, 1.165) is 10.9 Å². The van der Waals surface area contributed by atoms with Crippen molar-refractivity contribution in [1.82, 2.24) is 5.32 Å². The molecule has 0 aliphatic carbocycles. The topological polar surface area (TPSA) is 29.1 Å². The van der Waals surface area contributed by atoms with Gasteiger partial charge < -0.3 is 5.32 Å². The maximum absolute atomic E-state index is 13.8. The van der Waals surface area contributed by atoms with Crippen LogP contribution in [0.5, 0.6) is 0 Å². The van der Waals surface area contributed by atoms with Gasteiger partial charge in [0, 0.05) is 4.88 Å². The highest BCUT2D eigenvalue weighted by Gasteiger charge is 2.28. The van der Waals surface area contributed by atoms with E-state index in [4.69, 9.17) is 0 Å². The van der Waals surface area contributed by atoms with E-state index in [1.165, 1.54) is 23.5 Å². The predicted molar refractivity (Wildman–Crippen MR) is 68.1 cm³/mol. The maximum atomic E-state index is 13.8. The monoisotopic (exact) mass is 303 g/mol. The molecule has 2 aromatic rings. The van der Waals surface area contributed by atoms with Crippen LogP contribution in [-0.2, 0) is 0 Å². The second-order valence-corrected chi connectivity index (χ2v) is 4.92. The molecule has 7 heteroatoms. The van der Waals surface area contributed by atoms with Crippen molar-refractivity contribution < 1.29 is 22.4 Å². The molecule has 20 heavy (non-hydrogen) atoms. The van der Waals surface area contributed by atoms with Gasteiger partial charge in [-0.2, -0.15) is 13.2 Å². The lowest BCUT2D eigenvalue weighted by atomic mass is 10.1. The van der Waals surface area contributed by atoms with Gasteiger partial charge in [0.1, 0.15) is 12.4 Å². The zero-order chi connectivity index (χ0) is 14.8. The number of benzene rings is 1. The molecule has 0 saturated carbocycles. The summed E-state index contributed by atoms with van der Waals surface area (Å²) in [7, 11) is 0. The van der Waals surface area contributed by atoms with Gasteiger partial charge in [-0.1, -0.05) is 12.1 Å². The summed E-state index contributed by atoms with van der Waals surface area (Å²) in [5.74, 6) is -1.94. The Bertz CT molecular complexity index is 607. The van der Waals surface area contributed by atoms with E-state index in [9.17, 15) is 22.4 Å². The maximum Gasteiger partial charge on any atom is 0.405 e. The lowest BCUT2D eigenvalue weighted by Crippen LogP contribution is -2.34. The van der Waals surface area contributed by atoms with Crippen molar-refractivity contribution in [3.8, 4) is 10.4 Å². The van der Waals surface area contributed by atoms with Gasteiger partial charge in [0.25, 0.3) is 5.91 Å². The molecule has 106 valence electrons. The predicted octanol–water partition coefficient (Wildman–Crippen LogP) is 3.85. The van der Waals surface area contributed by atoms with Crippen LogP contribution in [0.4, 0.5) is 17.6 Å². The first-order valence-electron chi connectivity index (χ1n) is 5.55. The Hall–Kier alpha value is -1.89. The lowest BCUT2D eigenvalue weighted by molar-refractivity contribution is -0.123. The summed E-state index contributed by atoms with van der Waals surface area (Å²) in [6, 6.07) is 7.38. The molecule has 0 atom stereocenters. The van der Waals surface area contributed by atoms with Crippen molar-refractivity contribution >= 4 is 17.2 Å². The molecule has 2 nitrogen and oxygen atoms in total. The van der Waals surface area contributed by atoms with Crippen LogP contribution in [0.3, 0.4) is 0 Å². The fourth-order valence-corrected chi connectivity index (χ4v) is 2.29. The average Bonchev–Trinajstić information content (AvgIpc) is 2.88. The van der Waals surface area contributed by atoms with Crippen LogP contribution in [-0.4, -0.2) is 18.6 Å². The molecule has 2 rings (SSSR count). The molecule has 1 amide bonds. The fourth-order valence-electron chi connectivity index (χ4n) is 1.57. The quantitative estimate of drug-likeness (QED) is 0.858. The zero-order valence-corrected chi connectivity index (χ0v) is 10.8. The van der Waals surface area contributed by atoms with Gasteiger partial charge in [-0.05, 0) is 29.1 Å². The number of alkyl halides is 3. The van der Waals surface area contributed by atoms with Crippen LogP contribution in [0.1, 0.15) is 10.4 Å². The van der Waals surface area contributed by atoms with Crippen molar-refractivity contribution in [2.24, 2.45) is 0 Å². The largest absolute Gasteiger partial charge is 0.405 e. The molecule has 0 unspecified atom stereocenters. The molecule has 1 aromatic heterocycles. The number of hydrogen-bond donors (Lipinski definition) is 1. The van der Waals surface area contributed by atoms with Gasteiger partial charge in [-0.25, -0.2) is 4.39 Å². The summed E-state index contributed by atoms with van der Waals surface area (Å²) in [5.41, 5.74) is 0.166. The first kappa shape index (κ1) is 14.5. The molecule has 0 radical (unpaired) electrons. The third-order valence-electron chi connectivity index (χ3n) is 2.47. The molecule has 0 saturated heterocycles. The Balaban J connectivity index is 2.16. The Morgan fingerprint density at radius 3 is 2.55 bits per heavy atom. The van der Waals surface area contributed by atoms with E-state index in [1.54, 1.807) is 17.4 Å². The van der Waals surface area contributed by atoms with Gasteiger partial charge >= 0.3 is 6.18 Å². The number of nitrogens with one attached hydrogen (secondary N) is 1. The smallest absolute Gasteiger partial charge is 0.343 e. The SMILES string of the molecule is O=C(NCC(F)(F)F)c1ccc(-c2cccs2)cc1F. The van der Waals surface area contributed by atoms with Crippen LogP contribution < -0.4 is 5.32 Å². The number of thiophene rings is 1. The first-order valence-corrected chi connectivity index (χ1v) is 6.43. The van der Waals surface area contributed by atoms with Crippen molar-refractivity contribution in [2.75, 3.05) is 6.54 Å². The Labute approximate surface area is 116 Å². The van der Waals surface area contributed by atoms with Gasteiger partial charge in [0.15, 0.2) is 0 Å². The number of amides is 1. The second kappa shape index (κ2) is 5.62. The molecule has 1 heterocycles. The minimum absolute atomic E-state index is 0.408. The van der Waals surface area contributed by atoms with E-state index >= 15 is 0 Å². The van der Waals surface area contributed by atoms with Crippen molar-refractivity contribution in [3.05, 3.63) is 47.1 Å². The van der Waals surface area contributed by atoms with E-state index in [1.807, 2.05) is 5.38 Å². The minimum atomic E-state index is -4.52. The molecule has 0 fully saturated rings. The summed E-state index contributed by atoms with van der Waals surface area (Å²) in [4.78, 5) is 12.3. The highest BCUT2D eigenvalue weighted by molar-refractivity contribution is 7.13. The van der Waals surface area contributed by atoms with Crippen LogP contribution in [0.25, 0.3) is 10.4 Å². The molecule has 0 aliphatic heterocycles. The van der Waals surface area contributed by atoms with Crippen LogP contribution in [0, 0.1) is 5.82 Å². The van der Waals surface area contributed by atoms with Gasteiger partial charge in [0.2, 0.25) is 0 Å². The van der Waals surface area contributed by atoms with E-state index in [2.05, 4.69) is 0 Å². The van der Waals surface area contributed by atoms with Crippen LogP contribution >= 0.6 is 11.3 Å². The summed E-state index contributed by atoms with van der Waals surface area (Å²) in [6.45, 7) is -1.49. The third-order valence-corrected chi connectivity index (χ3v) is 3.39. The van der Waals surface area contributed by atoms with Gasteiger partial charge in [-0.15, -0.1) is 11.3 Å². The van der Waals surface area contributed by atoms with Crippen LogP contribution in [0.2, 0.25) is 0 Å². The Morgan fingerprint density at radius 1 is 1.25 bits per heavy atom. The Morgan fingerprint density at radius 2 is 2.00 bits per heavy atom. The lowest BCUT2D eigenvalue weighted by Gasteiger charge is -2.09. The first-order chi connectivity index (χ1) is 9.37. The van der Waals surface area contributed by atoms with Crippen molar-refractivity contribution in [1.29, 1.82) is 0 Å². The number of carbonyl (C=O) groups excluding carboxylic acids is 1. The summed E-state index contributed by atoms with van der Waals surface area (Å²) >= 11 is 1.40. The number of rotatable bonds is 3. The number of halogens is 4. The number of hydrogen-bond acceptors (Lipinski definition) is 2. The fraction of sp³-hybridized carbons (Fsp3) is 0.154. The molecule has 1 aromatic carbocycles. The van der Waals surface area contributed by atoms with E-state index in [-0.39, 0.29) is 0 Å². The highest BCUT2D eigenvalue weighted by atomic mass is 32.1. The van der Waals surface area contributed by atoms with Crippen LogP contribution in [0.15, 0.2) is 35.7 Å². The molecular weight excluding hydrogens is 294 g/mol. The molecule has 0 spiro atoms. The second-order valence-electron chi connectivity index (χ2n) is 3.97. The van der Waals surface area contributed by atoms with E-state index < -0.39 is 30.0 Å². The molecule has 0 bridgehead atoms. The average molecular weight is 303 g/mol. The van der Waals surface area contributed by atoms with Gasteiger partial charge in [0.05, 0.1) is 5.56 Å². The number of carbonyl (C=O) groups is 1. The van der Waals surface area contributed by atoms with Crippen molar-refractivity contribution in [3.63, 3.8) is 0 Å². The summed E-state index contributed by atoms with van der Waals surface area (Å²) < 4.78 is 49.7. The standard InChI is InChI=1S/C13H9F4NOS/c14-10-6-8(11-2-1-5-20-11)3-4-9(10)12(19)18-7-13(15,16)17/h1-6H,7H2,(H,18,19). The molecule has 1 N–H and O–H groups in total. The molecule has 0 aliphatic rings. The normalized spacial score (nSPS) is 11.4. The van der Waals surface area contributed by atoms with Gasteiger partial charge in [-0.3, -0.25) is 4.79 Å². The molecular formula is C13H9F4NOS.